The lowest BCUT2D eigenvalue weighted by molar-refractivity contribution is 0.0222. The van der Waals surface area contributed by atoms with Gasteiger partial charge in [0.1, 0.15) is 0 Å². The maximum atomic E-state index is 13.0. The van der Waals surface area contributed by atoms with E-state index in [0.29, 0.717) is 0 Å². The molecule has 3 rings (SSSR count). The summed E-state index contributed by atoms with van der Waals surface area (Å²) in [6.45, 7) is 6.89. The summed E-state index contributed by atoms with van der Waals surface area (Å²) in [5, 5.41) is 3.51. The van der Waals surface area contributed by atoms with Crippen molar-refractivity contribution in [1.82, 2.24) is 10.2 Å². The van der Waals surface area contributed by atoms with Crippen molar-refractivity contribution >= 4 is 5.91 Å². The molecule has 0 unspecified atom stereocenters. The maximum absolute atomic E-state index is 13.0. The van der Waals surface area contributed by atoms with Crippen LogP contribution in [0, 0.1) is 13.8 Å². The smallest absolute Gasteiger partial charge is 0.254 e. The van der Waals surface area contributed by atoms with Crippen molar-refractivity contribution < 1.29 is 4.79 Å². The monoisotopic (exact) mass is 286 g/mol. The van der Waals surface area contributed by atoms with Gasteiger partial charge in [0.15, 0.2) is 0 Å². The standard InChI is InChI=1S/C18H26N2O/c1-14-6-7-16(12-15(14)2)17(21)20-11-10-19-13-18(20)8-4-3-5-9-18/h6-7,12,19H,3-5,8-11,13H2,1-2H3. The number of aryl methyl sites for hydroxylation is 2. The van der Waals surface area contributed by atoms with Gasteiger partial charge < -0.3 is 10.2 Å². The van der Waals surface area contributed by atoms with Gasteiger partial charge in [0.2, 0.25) is 0 Å². The number of piperazine rings is 1. The predicted octanol–water partition coefficient (Wildman–Crippen LogP) is 3.05. The molecule has 0 atom stereocenters. The number of amides is 1. The summed E-state index contributed by atoms with van der Waals surface area (Å²) < 4.78 is 0. The predicted molar refractivity (Wildman–Crippen MR) is 85.6 cm³/mol. The highest BCUT2D eigenvalue weighted by molar-refractivity contribution is 5.95. The SMILES string of the molecule is Cc1ccc(C(=O)N2CCNCC23CCCCC3)cc1C. The molecule has 1 aliphatic heterocycles. The zero-order valence-corrected chi connectivity index (χ0v) is 13.2. The van der Waals surface area contributed by atoms with Crippen molar-refractivity contribution in [1.29, 1.82) is 0 Å². The van der Waals surface area contributed by atoms with Gasteiger partial charge in [0.25, 0.3) is 5.91 Å². The lowest BCUT2D eigenvalue weighted by atomic mass is 9.78. The van der Waals surface area contributed by atoms with Gasteiger partial charge in [-0.3, -0.25) is 4.79 Å². The first kappa shape index (κ1) is 14.6. The molecule has 2 fully saturated rings. The van der Waals surface area contributed by atoms with Crippen LogP contribution < -0.4 is 5.32 Å². The highest BCUT2D eigenvalue weighted by Gasteiger charge is 2.42. The summed E-state index contributed by atoms with van der Waals surface area (Å²) in [4.78, 5) is 15.2. The maximum Gasteiger partial charge on any atom is 0.254 e. The lowest BCUT2D eigenvalue weighted by Gasteiger charge is -2.50. The number of rotatable bonds is 1. The fourth-order valence-corrected chi connectivity index (χ4v) is 3.85. The molecule has 21 heavy (non-hydrogen) atoms. The first-order valence-electron chi connectivity index (χ1n) is 8.22. The minimum atomic E-state index is 0.0619. The first-order chi connectivity index (χ1) is 10.1. The van der Waals surface area contributed by atoms with Crippen LogP contribution in [-0.4, -0.2) is 36.0 Å². The molecule has 114 valence electrons. The zero-order chi connectivity index (χ0) is 14.9. The van der Waals surface area contributed by atoms with Gasteiger partial charge in [-0.25, -0.2) is 0 Å². The van der Waals surface area contributed by atoms with Crippen LogP contribution in [0.15, 0.2) is 18.2 Å². The number of nitrogens with zero attached hydrogens (tertiary/aromatic N) is 1. The van der Waals surface area contributed by atoms with E-state index in [0.717, 1.165) is 38.0 Å². The summed E-state index contributed by atoms with van der Waals surface area (Å²) in [6, 6.07) is 6.11. The molecule has 1 aromatic carbocycles. The lowest BCUT2D eigenvalue weighted by Crippen LogP contribution is -2.63. The first-order valence-corrected chi connectivity index (χ1v) is 8.22. The molecule has 1 saturated carbocycles. The zero-order valence-electron chi connectivity index (χ0n) is 13.2. The molecular weight excluding hydrogens is 260 g/mol. The Morgan fingerprint density at radius 3 is 2.62 bits per heavy atom. The van der Waals surface area contributed by atoms with Gasteiger partial charge >= 0.3 is 0 Å². The minimum absolute atomic E-state index is 0.0619. The molecule has 1 N–H and O–H groups in total. The van der Waals surface area contributed by atoms with Crippen molar-refractivity contribution in [2.75, 3.05) is 19.6 Å². The Hall–Kier alpha value is -1.35. The second-order valence-corrected chi connectivity index (χ2v) is 6.72. The highest BCUT2D eigenvalue weighted by Crippen LogP contribution is 2.35. The van der Waals surface area contributed by atoms with Gasteiger partial charge in [-0.2, -0.15) is 0 Å². The Morgan fingerprint density at radius 2 is 1.90 bits per heavy atom. The van der Waals surface area contributed by atoms with Crippen LogP contribution in [0.25, 0.3) is 0 Å². The van der Waals surface area contributed by atoms with Crippen molar-refractivity contribution in [3.8, 4) is 0 Å². The summed E-state index contributed by atoms with van der Waals surface area (Å²) in [6.07, 6.45) is 6.11. The van der Waals surface area contributed by atoms with E-state index in [1.165, 1.54) is 30.4 Å². The van der Waals surface area contributed by atoms with Crippen LogP contribution in [-0.2, 0) is 0 Å². The van der Waals surface area contributed by atoms with E-state index < -0.39 is 0 Å². The van der Waals surface area contributed by atoms with E-state index in [4.69, 9.17) is 0 Å². The summed E-state index contributed by atoms with van der Waals surface area (Å²) >= 11 is 0. The highest BCUT2D eigenvalue weighted by atomic mass is 16.2. The molecule has 2 aliphatic rings. The third kappa shape index (κ3) is 2.71. The molecule has 3 nitrogen and oxygen atoms in total. The number of carbonyl (C=O) groups is 1. The van der Waals surface area contributed by atoms with Gasteiger partial charge in [0.05, 0.1) is 5.54 Å². The van der Waals surface area contributed by atoms with Gasteiger partial charge in [-0.1, -0.05) is 25.3 Å². The summed E-state index contributed by atoms with van der Waals surface area (Å²) in [5.41, 5.74) is 3.37. The Bertz CT molecular complexity index is 524. The number of hydrogen-bond donors (Lipinski definition) is 1. The third-order valence-electron chi connectivity index (χ3n) is 5.32. The fourth-order valence-electron chi connectivity index (χ4n) is 3.85. The Balaban J connectivity index is 1.88. The van der Waals surface area contributed by atoms with Crippen molar-refractivity contribution in [3.05, 3.63) is 34.9 Å². The molecule has 1 aliphatic carbocycles. The molecule has 0 aromatic heterocycles. The Morgan fingerprint density at radius 1 is 1.14 bits per heavy atom. The second-order valence-electron chi connectivity index (χ2n) is 6.72. The normalized spacial score (nSPS) is 21.5. The third-order valence-corrected chi connectivity index (χ3v) is 5.32. The van der Waals surface area contributed by atoms with Crippen LogP contribution in [0.1, 0.15) is 53.6 Å². The van der Waals surface area contributed by atoms with E-state index in [-0.39, 0.29) is 11.4 Å². The van der Waals surface area contributed by atoms with Crippen LogP contribution in [0.2, 0.25) is 0 Å². The molecule has 1 spiro atoms. The van der Waals surface area contributed by atoms with Gasteiger partial charge in [-0.15, -0.1) is 0 Å². The van der Waals surface area contributed by atoms with E-state index >= 15 is 0 Å². The number of carbonyl (C=O) groups excluding carboxylic acids is 1. The number of nitrogens with one attached hydrogen (secondary N) is 1. The van der Waals surface area contributed by atoms with E-state index in [1.807, 2.05) is 6.07 Å². The summed E-state index contributed by atoms with van der Waals surface area (Å²) in [5.74, 6) is 0.224. The molecule has 1 aromatic rings. The van der Waals surface area contributed by atoms with E-state index in [1.54, 1.807) is 0 Å². The van der Waals surface area contributed by atoms with Crippen LogP contribution in [0.3, 0.4) is 0 Å². The molecule has 1 heterocycles. The van der Waals surface area contributed by atoms with Crippen LogP contribution in [0.5, 0.6) is 0 Å². The minimum Gasteiger partial charge on any atom is -0.330 e. The molecular formula is C18H26N2O. The van der Waals surface area contributed by atoms with Crippen LogP contribution in [0.4, 0.5) is 0 Å². The molecule has 1 saturated heterocycles. The largest absolute Gasteiger partial charge is 0.330 e. The summed E-state index contributed by atoms with van der Waals surface area (Å²) in [7, 11) is 0. The number of benzene rings is 1. The van der Waals surface area contributed by atoms with Crippen LogP contribution >= 0.6 is 0 Å². The average Bonchev–Trinajstić information content (AvgIpc) is 2.51. The van der Waals surface area contributed by atoms with Gasteiger partial charge in [0, 0.05) is 25.2 Å². The quantitative estimate of drug-likeness (QED) is 0.860. The van der Waals surface area contributed by atoms with Crippen molar-refractivity contribution in [2.45, 2.75) is 51.5 Å². The van der Waals surface area contributed by atoms with Crippen molar-refractivity contribution in [3.63, 3.8) is 0 Å². The Kier molecular flexibility index (Phi) is 4.03. The second kappa shape index (κ2) is 5.80. The molecule has 3 heteroatoms. The fraction of sp³-hybridized carbons (Fsp3) is 0.611. The Labute approximate surface area is 127 Å². The van der Waals surface area contributed by atoms with Crippen molar-refractivity contribution in [2.24, 2.45) is 0 Å². The van der Waals surface area contributed by atoms with Gasteiger partial charge in [-0.05, 0) is 49.9 Å². The molecule has 0 radical (unpaired) electrons. The molecule has 0 bridgehead atoms. The topological polar surface area (TPSA) is 32.3 Å². The van der Waals surface area contributed by atoms with E-state index in [2.05, 4.69) is 36.2 Å². The molecule has 1 amide bonds. The van der Waals surface area contributed by atoms with E-state index in [9.17, 15) is 4.79 Å². The number of hydrogen-bond acceptors (Lipinski definition) is 2. The average molecular weight is 286 g/mol.